The second-order valence-electron chi connectivity index (χ2n) is 6.70. The number of aromatic nitrogens is 6. The van der Waals surface area contributed by atoms with Gasteiger partial charge in [-0.25, -0.2) is 4.98 Å². The summed E-state index contributed by atoms with van der Waals surface area (Å²) in [7, 11) is 0. The van der Waals surface area contributed by atoms with Crippen LogP contribution in [0.1, 0.15) is 16.2 Å². The molecule has 3 aromatic heterocycles. The first-order chi connectivity index (χ1) is 14.4. The van der Waals surface area contributed by atoms with Crippen LogP contribution in [0.5, 0.6) is 0 Å². The number of hydrogen-bond donors (Lipinski definition) is 4. The van der Waals surface area contributed by atoms with Gasteiger partial charge < -0.3 is 25.4 Å². The summed E-state index contributed by atoms with van der Waals surface area (Å²) >= 11 is 12.7. The van der Waals surface area contributed by atoms with E-state index in [2.05, 4.69) is 30.5 Å². The molecule has 1 fully saturated rings. The average Bonchev–Trinajstić information content (AvgIpc) is 3.40. The molecule has 0 bridgehead atoms. The zero-order chi connectivity index (χ0) is 21.4. The SMILES string of the molecule is Cc1nnc(C[C@H](C=S)Nc2nc(Cl)nc3c2ncn3[C@@H]2O[C@H](CO)[C@@H](O)[C@H]2O)s1. The Morgan fingerprint density at radius 1 is 1.37 bits per heavy atom. The minimum absolute atomic E-state index is 0.0478. The van der Waals surface area contributed by atoms with E-state index >= 15 is 0 Å². The van der Waals surface area contributed by atoms with Gasteiger partial charge >= 0.3 is 0 Å². The molecule has 30 heavy (non-hydrogen) atoms. The lowest BCUT2D eigenvalue weighted by Gasteiger charge is -2.17. The van der Waals surface area contributed by atoms with Crippen molar-refractivity contribution in [2.45, 2.75) is 43.9 Å². The molecule has 0 aliphatic carbocycles. The number of ether oxygens (including phenoxy) is 1. The van der Waals surface area contributed by atoms with Gasteiger partial charge in [0.05, 0.1) is 19.0 Å². The molecule has 0 radical (unpaired) electrons. The van der Waals surface area contributed by atoms with Crippen LogP contribution >= 0.6 is 35.2 Å². The van der Waals surface area contributed by atoms with Crippen LogP contribution in [-0.2, 0) is 11.2 Å². The highest BCUT2D eigenvalue weighted by atomic mass is 35.5. The molecule has 0 unspecified atom stereocenters. The molecule has 4 heterocycles. The summed E-state index contributed by atoms with van der Waals surface area (Å²) in [5, 5.41) is 44.2. The molecule has 160 valence electrons. The number of hydrogen-bond acceptors (Lipinski definition) is 12. The van der Waals surface area contributed by atoms with Crippen LogP contribution in [0.2, 0.25) is 5.28 Å². The number of nitrogens with one attached hydrogen (secondary N) is 1. The number of anilines is 1. The Bertz CT molecular complexity index is 1060. The van der Waals surface area contributed by atoms with Gasteiger partial charge in [0.25, 0.3) is 0 Å². The lowest BCUT2D eigenvalue weighted by Crippen LogP contribution is -2.33. The molecule has 5 atom stereocenters. The second kappa shape index (κ2) is 8.70. The Kier molecular flexibility index (Phi) is 6.20. The molecule has 1 aliphatic rings. The van der Waals surface area contributed by atoms with E-state index in [4.69, 9.17) is 28.6 Å². The van der Waals surface area contributed by atoms with Crippen molar-refractivity contribution in [3.63, 3.8) is 0 Å². The number of rotatable bonds is 7. The highest BCUT2D eigenvalue weighted by molar-refractivity contribution is 7.79. The Labute approximate surface area is 184 Å². The average molecular weight is 472 g/mol. The van der Waals surface area contributed by atoms with Crippen LogP contribution in [0.3, 0.4) is 0 Å². The summed E-state index contributed by atoms with van der Waals surface area (Å²) in [6.45, 7) is 1.44. The Morgan fingerprint density at radius 3 is 2.80 bits per heavy atom. The summed E-state index contributed by atoms with van der Waals surface area (Å²) in [4.78, 5) is 12.7. The zero-order valence-electron chi connectivity index (χ0n) is 15.6. The monoisotopic (exact) mass is 471 g/mol. The maximum atomic E-state index is 10.3. The van der Waals surface area contributed by atoms with Gasteiger partial charge in [0, 0.05) is 11.8 Å². The molecule has 0 amide bonds. The van der Waals surface area contributed by atoms with E-state index in [1.165, 1.54) is 22.2 Å². The van der Waals surface area contributed by atoms with Crippen LogP contribution in [0, 0.1) is 6.92 Å². The quantitative estimate of drug-likeness (QED) is 0.277. The standard InChI is InChI=1S/C16H18ClN7O4S2/c1-6-22-23-9(30-6)2-7(4-29)19-13-10-14(21-16(17)20-13)24(5-18-10)15-12(27)11(26)8(3-25)28-15/h4-5,7-8,11-12,15,25-27H,2-3H2,1H3,(H,19,20,21)/t7-,8-,11-,12-,15-/m1/s1. The van der Waals surface area contributed by atoms with Gasteiger partial charge in [0.1, 0.15) is 28.3 Å². The molecular weight excluding hydrogens is 454 g/mol. The van der Waals surface area contributed by atoms with Crippen molar-refractivity contribution in [3.05, 3.63) is 21.6 Å². The maximum absolute atomic E-state index is 10.3. The number of halogens is 1. The van der Waals surface area contributed by atoms with Crippen molar-refractivity contribution in [1.29, 1.82) is 0 Å². The summed E-state index contributed by atoms with van der Waals surface area (Å²) in [5.74, 6) is 0.350. The van der Waals surface area contributed by atoms with E-state index in [1.54, 1.807) is 5.37 Å². The molecule has 14 heteroatoms. The van der Waals surface area contributed by atoms with E-state index in [1.807, 2.05) is 6.92 Å². The van der Waals surface area contributed by atoms with Gasteiger partial charge in [0.15, 0.2) is 23.2 Å². The van der Waals surface area contributed by atoms with Gasteiger partial charge in [-0.3, -0.25) is 4.57 Å². The van der Waals surface area contributed by atoms with E-state index in [0.717, 1.165) is 10.0 Å². The Balaban J connectivity index is 1.64. The first kappa shape index (κ1) is 21.4. The van der Waals surface area contributed by atoms with Crippen molar-refractivity contribution in [3.8, 4) is 0 Å². The molecule has 1 aliphatic heterocycles. The molecule has 11 nitrogen and oxygen atoms in total. The molecule has 0 aromatic carbocycles. The highest BCUT2D eigenvalue weighted by Crippen LogP contribution is 2.32. The minimum atomic E-state index is -1.28. The largest absolute Gasteiger partial charge is 0.394 e. The lowest BCUT2D eigenvalue weighted by molar-refractivity contribution is -0.0511. The summed E-state index contributed by atoms with van der Waals surface area (Å²) < 4.78 is 7.01. The predicted octanol–water partition coefficient (Wildman–Crippen LogP) is 0.274. The van der Waals surface area contributed by atoms with Crippen molar-refractivity contribution in [2.24, 2.45) is 0 Å². The van der Waals surface area contributed by atoms with Crippen molar-refractivity contribution in [1.82, 2.24) is 29.7 Å². The lowest BCUT2D eigenvalue weighted by atomic mass is 10.1. The van der Waals surface area contributed by atoms with Crippen molar-refractivity contribution >= 4 is 57.5 Å². The van der Waals surface area contributed by atoms with Crippen LogP contribution in [0.15, 0.2) is 6.33 Å². The first-order valence-corrected chi connectivity index (χ1v) is 10.6. The van der Waals surface area contributed by atoms with E-state index < -0.39 is 31.1 Å². The fourth-order valence-electron chi connectivity index (χ4n) is 3.20. The number of nitrogens with zero attached hydrogens (tertiary/aromatic N) is 6. The number of aliphatic hydroxyl groups is 3. The minimum Gasteiger partial charge on any atom is -0.394 e. The zero-order valence-corrected chi connectivity index (χ0v) is 18.0. The van der Waals surface area contributed by atoms with E-state index in [0.29, 0.717) is 23.4 Å². The third-order valence-electron chi connectivity index (χ3n) is 4.63. The van der Waals surface area contributed by atoms with Crippen molar-refractivity contribution < 1.29 is 20.1 Å². The molecule has 4 N–H and O–H groups in total. The predicted molar refractivity (Wildman–Crippen MR) is 113 cm³/mol. The molecule has 0 saturated carbocycles. The second-order valence-corrected chi connectivity index (χ2v) is 8.58. The van der Waals surface area contributed by atoms with Crippen LogP contribution in [0.25, 0.3) is 11.2 Å². The topological polar surface area (TPSA) is 151 Å². The van der Waals surface area contributed by atoms with Crippen LogP contribution in [-0.4, -0.2) is 81.4 Å². The molecule has 4 rings (SSSR count). The number of thiocarbonyl (C=S) groups is 1. The molecule has 0 spiro atoms. The summed E-state index contributed by atoms with van der Waals surface area (Å²) in [6, 6.07) is -0.291. The van der Waals surface area contributed by atoms with E-state index in [-0.39, 0.29) is 11.3 Å². The van der Waals surface area contributed by atoms with E-state index in [9.17, 15) is 15.3 Å². The third kappa shape index (κ3) is 4.01. The third-order valence-corrected chi connectivity index (χ3v) is 5.99. The normalized spacial score (nSPS) is 25.0. The maximum Gasteiger partial charge on any atom is 0.226 e. The number of aryl methyl sites for hydroxylation is 1. The van der Waals surface area contributed by atoms with Gasteiger partial charge in [-0.05, 0) is 18.5 Å². The molecule has 1 saturated heterocycles. The van der Waals surface area contributed by atoms with Crippen molar-refractivity contribution in [2.75, 3.05) is 11.9 Å². The summed E-state index contributed by atoms with van der Waals surface area (Å²) in [6.07, 6.45) is -2.53. The first-order valence-electron chi connectivity index (χ1n) is 8.94. The number of fused-ring (bicyclic) bond motifs is 1. The molecular formula is C16H18ClN7O4S2. The fraction of sp³-hybridized carbons (Fsp3) is 0.500. The van der Waals surface area contributed by atoms with Crippen LogP contribution < -0.4 is 5.32 Å². The number of imidazole rings is 1. The molecule has 3 aromatic rings. The number of aliphatic hydroxyl groups excluding tert-OH is 3. The van der Waals surface area contributed by atoms with Gasteiger partial charge in [-0.1, -0.05) is 12.2 Å². The smallest absolute Gasteiger partial charge is 0.226 e. The van der Waals surface area contributed by atoms with Gasteiger partial charge in [-0.15, -0.1) is 21.5 Å². The van der Waals surface area contributed by atoms with Gasteiger partial charge in [0.2, 0.25) is 5.28 Å². The Hall–Kier alpha value is -1.87. The van der Waals surface area contributed by atoms with Gasteiger partial charge in [-0.2, -0.15) is 9.97 Å². The van der Waals surface area contributed by atoms with Crippen LogP contribution in [0.4, 0.5) is 5.82 Å². The fourth-order valence-corrected chi connectivity index (χ4v) is 4.30. The Morgan fingerprint density at radius 2 is 2.17 bits per heavy atom. The highest BCUT2D eigenvalue weighted by Gasteiger charge is 2.44. The summed E-state index contributed by atoms with van der Waals surface area (Å²) in [5.41, 5.74) is 0.676.